The molecule has 2 aromatic rings. The highest BCUT2D eigenvalue weighted by atomic mass is 16.1. The first kappa shape index (κ1) is 8.71. The van der Waals surface area contributed by atoms with Crippen molar-refractivity contribution in [1.82, 2.24) is 14.3 Å². The lowest BCUT2D eigenvalue weighted by atomic mass is 10.1. The fourth-order valence-electron chi connectivity index (χ4n) is 2.34. The summed E-state index contributed by atoms with van der Waals surface area (Å²) in [5.41, 5.74) is 2.28. The normalized spacial score (nSPS) is 15.5. The van der Waals surface area contributed by atoms with E-state index < -0.39 is 0 Å². The molecule has 1 aliphatic heterocycles. The summed E-state index contributed by atoms with van der Waals surface area (Å²) in [7, 11) is 1.69. The van der Waals surface area contributed by atoms with Crippen LogP contribution in [0.4, 0.5) is 0 Å². The van der Waals surface area contributed by atoms with Gasteiger partial charge in [0.2, 0.25) is 0 Å². The molecule has 1 aliphatic rings. The van der Waals surface area contributed by atoms with Crippen molar-refractivity contribution >= 4 is 10.9 Å². The first-order valence-corrected chi connectivity index (χ1v) is 5.32. The van der Waals surface area contributed by atoms with Crippen LogP contribution >= 0.6 is 0 Å². The van der Waals surface area contributed by atoms with Crippen molar-refractivity contribution in [1.29, 1.82) is 0 Å². The fraction of sp³-hybridized carbons (Fsp3) is 0.455. The van der Waals surface area contributed by atoms with Gasteiger partial charge in [0.1, 0.15) is 0 Å². The summed E-state index contributed by atoms with van der Waals surface area (Å²) in [6.45, 7) is 1.02. The second kappa shape index (κ2) is 2.95. The van der Waals surface area contributed by atoms with Crippen LogP contribution in [0, 0.1) is 0 Å². The average Bonchev–Trinajstić information content (AvgIpc) is 2.63. The minimum atomic E-state index is 0.00870. The summed E-state index contributed by atoms with van der Waals surface area (Å²) in [5.74, 6) is 0. The largest absolute Gasteiger partial charge is 0.343 e. The second-order valence-corrected chi connectivity index (χ2v) is 4.12. The minimum absolute atomic E-state index is 0.00870. The maximum Gasteiger partial charge on any atom is 0.275 e. The summed E-state index contributed by atoms with van der Waals surface area (Å²) in [4.78, 5) is 11.8. The molecule has 0 atom stereocenters. The summed E-state index contributed by atoms with van der Waals surface area (Å²) < 4.78 is 3.63. The Morgan fingerprint density at radius 3 is 3.13 bits per heavy atom. The van der Waals surface area contributed by atoms with Gasteiger partial charge in [0, 0.05) is 19.3 Å². The van der Waals surface area contributed by atoms with Gasteiger partial charge in [-0.05, 0) is 25.3 Å². The number of nitrogens with zero attached hydrogens (tertiary/aromatic N) is 3. The topological polar surface area (TPSA) is 39.8 Å². The van der Waals surface area contributed by atoms with E-state index in [2.05, 4.69) is 9.67 Å². The summed E-state index contributed by atoms with van der Waals surface area (Å²) >= 11 is 0. The lowest BCUT2D eigenvalue weighted by Crippen LogP contribution is -2.19. The molecule has 0 unspecified atom stereocenters. The summed E-state index contributed by atoms with van der Waals surface area (Å²) in [6, 6.07) is 2.03. The number of aryl methyl sites for hydroxylation is 3. The molecule has 0 bridgehead atoms. The zero-order chi connectivity index (χ0) is 10.4. The van der Waals surface area contributed by atoms with E-state index in [0.29, 0.717) is 0 Å². The Bertz CT molecular complexity index is 579. The third-order valence-corrected chi connectivity index (χ3v) is 3.17. The van der Waals surface area contributed by atoms with E-state index in [1.54, 1.807) is 13.2 Å². The van der Waals surface area contributed by atoms with Crippen molar-refractivity contribution in [2.75, 3.05) is 0 Å². The lowest BCUT2D eigenvalue weighted by molar-refractivity contribution is 0.544. The van der Waals surface area contributed by atoms with Crippen LogP contribution in [0.15, 0.2) is 17.1 Å². The van der Waals surface area contributed by atoms with Gasteiger partial charge >= 0.3 is 0 Å². The van der Waals surface area contributed by atoms with Crippen molar-refractivity contribution in [2.45, 2.75) is 25.8 Å². The number of aromatic nitrogens is 3. The predicted molar refractivity (Wildman–Crippen MR) is 57.9 cm³/mol. The molecule has 0 aromatic carbocycles. The molecule has 0 radical (unpaired) electrons. The monoisotopic (exact) mass is 203 g/mol. The first-order valence-electron chi connectivity index (χ1n) is 5.32. The predicted octanol–water partition coefficient (Wildman–Crippen LogP) is 1.07. The van der Waals surface area contributed by atoms with Crippen LogP contribution in [0.2, 0.25) is 0 Å². The van der Waals surface area contributed by atoms with Gasteiger partial charge in [-0.25, -0.2) is 4.68 Å². The Balaban J connectivity index is 2.41. The summed E-state index contributed by atoms with van der Waals surface area (Å²) in [6.07, 6.45) is 5.31. The van der Waals surface area contributed by atoms with Crippen LogP contribution in [0.3, 0.4) is 0 Å². The SMILES string of the molecule is Cn1ncc2c(cc3n2CCCC3)c1=O. The first-order chi connectivity index (χ1) is 7.27. The van der Waals surface area contributed by atoms with Crippen LogP contribution in [-0.2, 0) is 20.0 Å². The highest BCUT2D eigenvalue weighted by Crippen LogP contribution is 2.22. The third-order valence-electron chi connectivity index (χ3n) is 3.17. The number of fused-ring (bicyclic) bond motifs is 3. The molecular formula is C11H13N3O. The van der Waals surface area contributed by atoms with E-state index in [9.17, 15) is 4.79 Å². The van der Waals surface area contributed by atoms with Gasteiger partial charge in [-0.15, -0.1) is 0 Å². The van der Waals surface area contributed by atoms with Gasteiger partial charge in [0.25, 0.3) is 5.56 Å². The van der Waals surface area contributed by atoms with Crippen LogP contribution in [0.25, 0.3) is 10.9 Å². The van der Waals surface area contributed by atoms with Crippen molar-refractivity contribution in [3.63, 3.8) is 0 Å². The molecule has 0 spiro atoms. The standard InChI is InChI=1S/C11H13N3O/c1-13-11(15)9-6-8-4-2-3-5-14(8)10(9)7-12-13/h6-7H,2-5H2,1H3. The molecular weight excluding hydrogens is 190 g/mol. The quantitative estimate of drug-likeness (QED) is 0.642. The number of hydrogen-bond acceptors (Lipinski definition) is 2. The average molecular weight is 203 g/mol. The Labute approximate surface area is 87.1 Å². The third kappa shape index (κ3) is 1.14. The molecule has 0 aliphatic carbocycles. The second-order valence-electron chi connectivity index (χ2n) is 4.12. The number of hydrogen-bond donors (Lipinski definition) is 0. The van der Waals surface area contributed by atoms with E-state index in [4.69, 9.17) is 0 Å². The van der Waals surface area contributed by atoms with E-state index in [0.717, 1.165) is 23.9 Å². The van der Waals surface area contributed by atoms with Gasteiger partial charge in [-0.3, -0.25) is 4.79 Å². The summed E-state index contributed by atoms with van der Waals surface area (Å²) in [5, 5.41) is 4.88. The molecule has 0 saturated carbocycles. The van der Waals surface area contributed by atoms with Crippen molar-refractivity contribution in [3.8, 4) is 0 Å². The maximum absolute atomic E-state index is 11.8. The highest BCUT2D eigenvalue weighted by molar-refractivity contribution is 5.79. The fourth-order valence-corrected chi connectivity index (χ4v) is 2.34. The molecule has 15 heavy (non-hydrogen) atoms. The maximum atomic E-state index is 11.8. The van der Waals surface area contributed by atoms with Crippen LogP contribution in [-0.4, -0.2) is 14.3 Å². The van der Waals surface area contributed by atoms with Gasteiger partial charge in [0.05, 0.1) is 17.1 Å². The molecule has 0 N–H and O–H groups in total. The van der Waals surface area contributed by atoms with Crippen molar-refractivity contribution in [3.05, 3.63) is 28.3 Å². The van der Waals surface area contributed by atoms with E-state index in [-0.39, 0.29) is 5.56 Å². The van der Waals surface area contributed by atoms with Gasteiger partial charge in [-0.2, -0.15) is 5.10 Å². The lowest BCUT2D eigenvalue weighted by Gasteiger charge is -2.15. The number of rotatable bonds is 0. The zero-order valence-electron chi connectivity index (χ0n) is 8.73. The van der Waals surface area contributed by atoms with E-state index in [1.165, 1.54) is 23.2 Å². The molecule has 78 valence electrons. The van der Waals surface area contributed by atoms with Crippen LogP contribution < -0.4 is 5.56 Å². The van der Waals surface area contributed by atoms with Crippen LogP contribution in [0.1, 0.15) is 18.5 Å². The molecule has 3 heterocycles. The van der Waals surface area contributed by atoms with Crippen LogP contribution in [0.5, 0.6) is 0 Å². The molecule has 4 nitrogen and oxygen atoms in total. The Hall–Kier alpha value is -1.58. The van der Waals surface area contributed by atoms with Gasteiger partial charge in [-0.1, -0.05) is 0 Å². The van der Waals surface area contributed by atoms with Gasteiger partial charge in [0.15, 0.2) is 0 Å². The Kier molecular flexibility index (Phi) is 1.71. The zero-order valence-corrected chi connectivity index (χ0v) is 8.73. The molecule has 0 amide bonds. The molecule has 0 fully saturated rings. The minimum Gasteiger partial charge on any atom is -0.343 e. The van der Waals surface area contributed by atoms with Crippen molar-refractivity contribution in [2.24, 2.45) is 7.05 Å². The van der Waals surface area contributed by atoms with E-state index in [1.807, 2.05) is 6.07 Å². The van der Waals surface area contributed by atoms with Gasteiger partial charge < -0.3 is 4.57 Å². The molecule has 0 saturated heterocycles. The molecule has 3 rings (SSSR count). The smallest absolute Gasteiger partial charge is 0.275 e. The van der Waals surface area contributed by atoms with E-state index >= 15 is 0 Å². The Morgan fingerprint density at radius 2 is 2.27 bits per heavy atom. The highest BCUT2D eigenvalue weighted by Gasteiger charge is 2.15. The molecule has 4 heteroatoms. The van der Waals surface area contributed by atoms with Crippen molar-refractivity contribution < 1.29 is 0 Å². The Morgan fingerprint density at radius 1 is 1.40 bits per heavy atom. The molecule has 2 aromatic heterocycles.